The zero-order valence-electron chi connectivity index (χ0n) is 11.2. The van der Waals surface area contributed by atoms with E-state index in [-0.39, 0.29) is 17.0 Å². The molecule has 0 spiro atoms. The third-order valence-electron chi connectivity index (χ3n) is 2.71. The Morgan fingerprint density at radius 2 is 2.05 bits per heavy atom. The van der Waals surface area contributed by atoms with Gasteiger partial charge in [-0.2, -0.15) is 0 Å². The van der Waals surface area contributed by atoms with Crippen LogP contribution in [0.15, 0.2) is 36.4 Å². The van der Waals surface area contributed by atoms with E-state index in [2.05, 4.69) is 10.3 Å². The van der Waals surface area contributed by atoms with Gasteiger partial charge in [0.15, 0.2) is 0 Å². The van der Waals surface area contributed by atoms with E-state index in [9.17, 15) is 9.59 Å². The maximum Gasteiger partial charge on any atom is 0.339 e. The van der Waals surface area contributed by atoms with Crippen LogP contribution in [0.5, 0.6) is 5.75 Å². The Labute approximate surface area is 120 Å². The van der Waals surface area contributed by atoms with Gasteiger partial charge in [0.05, 0.1) is 7.11 Å². The minimum atomic E-state index is -1.08. The van der Waals surface area contributed by atoms with Gasteiger partial charge in [-0.05, 0) is 24.3 Å². The molecule has 2 rings (SSSR count). The molecule has 0 saturated carbocycles. The number of carboxylic acids is 1. The van der Waals surface area contributed by atoms with Crippen LogP contribution in [-0.4, -0.2) is 29.1 Å². The Balaban J connectivity index is 2.29. The molecule has 0 bridgehead atoms. The third kappa shape index (κ3) is 3.27. The fraction of sp³-hybridized carbons (Fsp3) is 0.0714. The van der Waals surface area contributed by atoms with Crippen molar-refractivity contribution in [2.75, 3.05) is 12.4 Å². The van der Waals surface area contributed by atoms with E-state index in [4.69, 9.17) is 15.6 Å². The summed E-state index contributed by atoms with van der Waals surface area (Å²) in [6, 6.07) is 9.32. The lowest BCUT2D eigenvalue weighted by molar-refractivity contribution is 0.0693. The molecule has 0 radical (unpaired) electrons. The van der Waals surface area contributed by atoms with E-state index in [1.54, 1.807) is 18.2 Å². The van der Waals surface area contributed by atoms with Gasteiger partial charge < -0.3 is 20.9 Å². The lowest BCUT2D eigenvalue weighted by Crippen LogP contribution is -2.13. The Kier molecular flexibility index (Phi) is 4.03. The number of hydrogen-bond donors (Lipinski definition) is 3. The van der Waals surface area contributed by atoms with Gasteiger partial charge in [-0.3, -0.25) is 4.79 Å². The summed E-state index contributed by atoms with van der Waals surface area (Å²) in [4.78, 5) is 26.1. The highest BCUT2D eigenvalue weighted by molar-refractivity contribution is 5.92. The summed E-state index contributed by atoms with van der Waals surface area (Å²) < 4.78 is 5.03. The second kappa shape index (κ2) is 5.91. The van der Waals surface area contributed by atoms with Crippen molar-refractivity contribution in [1.29, 1.82) is 0 Å². The van der Waals surface area contributed by atoms with Crippen LogP contribution in [0.1, 0.15) is 20.8 Å². The number of amides is 1. The smallest absolute Gasteiger partial charge is 0.339 e. The van der Waals surface area contributed by atoms with E-state index in [0.717, 1.165) is 0 Å². The number of carbonyl (C=O) groups excluding carboxylic acids is 1. The van der Waals surface area contributed by atoms with Gasteiger partial charge in [0.2, 0.25) is 0 Å². The Bertz CT molecular complexity index is 700. The first-order valence-corrected chi connectivity index (χ1v) is 5.96. The molecule has 1 heterocycles. The molecule has 0 aliphatic heterocycles. The van der Waals surface area contributed by atoms with Crippen LogP contribution in [0.2, 0.25) is 0 Å². The number of nitrogens with two attached hydrogens (primary N) is 1. The molecule has 1 amide bonds. The summed E-state index contributed by atoms with van der Waals surface area (Å²) >= 11 is 0. The van der Waals surface area contributed by atoms with Crippen LogP contribution in [-0.2, 0) is 0 Å². The van der Waals surface area contributed by atoms with Crippen LogP contribution in [0.4, 0.5) is 11.5 Å². The highest BCUT2D eigenvalue weighted by Gasteiger charge is 2.11. The molecule has 2 aromatic rings. The number of carboxylic acid groups (broad SMARTS) is 1. The first-order chi connectivity index (χ1) is 10.0. The van der Waals surface area contributed by atoms with Crippen molar-refractivity contribution < 1.29 is 19.4 Å². The molecule has 0 aliphatic carbocycles. The number of rotatable bonds is 5. The van der Waals surface area contributed by atoms with Gasteiger partial charge in [0.1, 0.15) is 22.8 Å². The van der Waals surface area contributed by atoms with E-state index in [1.807, 2.05) is 0 Å². The van der Waals surface area contributed by atoms with Crippen molar-refractivity contribution in [3.8, 4) is 5.75 Å². The molecule has 7 nitrogen and oxygen atoms in total. The van der Waals surface area contributed by atoms with Gasteiger partial charge in [0.25, 0.3) is 5.91 Å². The van der Waals surface area contributed by atoms with Crippen LogP contribution < -0.4 is 15.8 Å². The predicted octanol–water partition coefficient (Wildman–Crippen LogP) is 1.63. The predicted molar refractivity (Wildman–Crippen MR) is 76.0 cm³/mol. The number of pyridine rings is 1. The first kappa shape index (κ1) is 14.3. The van der Waals surface area contributed by atoms with Gasteiger partial charge in [0, 0.05) is 11.8 Å². The van der Waals surface area contributed by atoms with E-state index in [1.165, 1.54) is 25.3 Å². The van der Waals surface area contributed by atoms with Crippen molar-refractivity contribution in [3.63, 3.8) is 0 Å². The second-order valence-electron chi connectivity index (χ2n) is 4.12. The molecule has 0 aliphatic rings. The van der Waals surface area contributed by atoms with Crippen molar-refractivity contribution in [2.24, 2.45) is 5.73 Å². The number of aromatic nitrogens is 1. The average molecular weight is 287 g/mol. The average Bonchev–Trinajstić information content (AvgIpc) is 2.47. The second-order valence-corrected chi connectivity index (χ2v) is 4.12. The van der Waals surface area contributed by atoms with Crippen LogP contribution in [0, 0.1) is 0 Å². The summed E-state index contributed by atoms with van der Waals surface area (Å²) in [7, 11) is 1.39. The summed E-state index contributed by atoms with van der Waals surface area (Å²) in [6.45, 7) is 0. The largest absolute Gasteiger partial charge is 0.496 e. The molecular formula is C14H13N3O4. The molecule has 0 unspecified atom stereocenters. The van der Waals surface area contributed by atoms with Crippen molar-refractivity contribution in [1.82, 2.24) is 4.98 Å². The number of anilines is 2. The number of benzene rings is 1. The fourth-order valence-electron chi connectivity index (χ4n) is 1.74. The molecule has 4 N–H and O–H groups in total. The van der Waals surface area contributed by atoms with Crippen molar-refractivity contribution in [2.45, 2.75) is 0 Å². The fourth-order valence-corrected chi connectivity index (χ4v) is 1.74. The Hall–Kier alpha value is -3.09. The van der Waals surface area contributed by atoms with Crippen LogP contribution in [0.3, 0.4) is 0 Å². The molecule has 21 heavy (non-hydrogen) atoms. The summed E-state index contributed by atoms with van der Waals surface area (Å²) in [6.07, 6.45) is 0. The molecule has 1 aromatic carbocycles. The third-order valence-corrected chi connectivity index (χ3v) is 2.71. The molecule has 7 heteroatoms. The van der Waals surface area contributed by atoms with Gasteiger partial charge >= 0.3 is 5.97 Å². The molecule has 0 atom stereocenters. The highest BCUT2D eigenvalue weighted by Crippen LogP contribution is 2.25. The van der Waals surface area contributed by atoms with Gasteiger partial charge in [-0.25, -0.2) is 9.78 Å². The number of nitrogens with zero attached hydrogens (tertiary/aromatic N) is 1. The van der Waals surface area contributed by atoms with Crippen LogP contribution >= 0.6 is 0 Å². The highest BCUT2D eigenvalue weighted by atomic mass is 16.5. The zero-order chi connectivity index (χ0) is 15.4. The lowest BCUT2D eigenvalue weighted by Gasteiger charge is -2.10. The Morgan fingerprint density at radius 1 is 1.29 bits per heavy atom. The number of aromatic carboxylic acids is 1. The number of nitrogens with one attached hydrogen (secondary N) is 1. The number of primary amides is 1. The van der Waals surface area contributed by atoms with Crippen molar-refractivity contribution >= 4 is 23.4 Å². The molecule has 0 saturated heterocycles. The number of methoxy groups -OCH3 is 1. The molecular weight excluding hydrogens is 274 g/mol. The van der Waals surface area contributed by atoms with E-state index in [0.29, 0.717) is 11.5 Å². The SMILES string of the molecule is COc1cc(Nc2cccc(C(N)=O)n2)ccc1C(=O)O. The minimum absolute atomic E-state index is 0.0573. The topological polar surface area (TPSA) is 115 Å². The van der Waals surface area contributed by atoms with Gasteiger partial charge in [-0.15, -0.1) is 0 Å². The molecule has 0 fully saturated rings. The van der Waals surface area contributed by atoms with E-state index < -0.39 is 11.9 Å². The lowest BCUT2D eigenvalue weighted by atomic mass is 10.2. The summed E-state index contributed by atoms with van der Waals surface area (Å²) in [5, 5.41) is 12.0. The number of hydrogen-bond acceptors (Lipinski definition) is 5. The van der Waals surface area contributed by atoms with Gasteiger partial charge in [-0.1, -0.05) is 6.07 Å². The standard InChI is InChI=1S/C14H13N3O4/c1-21-11-7-8(5-6-9(11)14(19)20)16-12-4-2-3-10(17-12)13(15)18/h2-7H,1H3,(H2,15,18)(H,16,17)(H,19,20). The number of ether oxygens (including phenoxy) is 1. The van der Waals surface area contributed by atoms with Crippen molar-refractivity contribution in [3.05, 3.63) is 47.7 Å². The quantitative estimate of drug-likeness (QED) is 0.770. The zero-order valence-corrected chi connectivity index (χ0v) is 11.2. The summed E-state index contributed by atoms with van der Waals surface area (Å²) in [5.41, 5.74) is 5.93. The number of carbonyl (C=O) groups is 2. The van der Waals surface area contributed by atoms with E-state index >= 15 is 0 Å². The first-order valence-electron chi connectivity index (χ1n) is 5.96. The Morgan fingerprint density at radius 3 is 2.67 bits per heavy atom. The molecule has 108 valence electrons. The molecule has 1 aromatic heterocycles. The minimum Gasteiger partial charge on any atom is -0.496 e. The maximum atomic E-state index is 11.1. The monoisotopic (exact) mass is 287 g/mol. The summed E-state index contributed by atoms with van der Waals surface area (Å²) in [5.74, 6) is -1.07. The van der Waals surface area contributed by atoms with Crippen LogP contribution in [0.25, 0.3) is 0 Å². The normalized spacial score (nSPS) is 9.95. The maximum absolute atomic E-state index is 11.1.